The molecule has 1 N–H and O–H groups in total. The molecule has 1 heterocycles. The number of thiocarbonyl (C=S) groups is 1. The average molecular weight is 357 g/mol. The van der Waals surface area contributed by atoms with E-state index < -0.39 is 0 Å². The van der Waals surface area contributed by atoms with Crippen LogP contribution < -0.4 is 4.74 Å². The third-order valence-corrected chi connectivity index (χ3v) is 4.97. The molecule has 122 valence electrons. The zero-order chi connectivity index (χ0) is 17.1. The normalized spacial score (nSPS) is 16.0. The van der Waals surface area contributed by atoms with Crippen molar-refractivity contribution in [2.45, 2.75) is 6.54 Å². The number of carbonyl (C=O) groups is 1. The molecule has 4 nitrogen and oxygen atoms in total. The Balaban J connectivity index is 1.86. The number of thioether (sulfide) groups is 1. The van der Waals surface area contributed by atoms with Crippen molar-refractivity contribution < 1.29 is 14.6 Å². The average Bonchev–Trinajstić information content (AvgIpc) is 2.85. The van der Waals surface area contributed by atoms with E-state index >= 15 is 0 Å². The molecule has 1 amide bonds. The lowest BCUT2D eigenvalue weighted by Gasteiger charge is -2.14. The van der Waals surface area contributed by atoms with Crippen molar-refractivity contribution in [1.29, 1.82) is 0 Å². The van der Waals surface area contributed by atoms with E-state index in [9.17, 15) is 9.90 Å². The lowest BCUT2D eigenvalue weighted by Crippen LogP contribution is -2.27. The maximum Gasteiger partial charge on any atom is 0.266 e. The first kappa shape index (κ1) is 16.5. The molecule has 0 unspecified atom stereocenters. The Labute approximate surface area is 149 Å². The van der Waals surface area contributed by atoms with E-state index in [-0.39, 0.29) is 11.7 Å². The summed E-state index contributed by atoms with van der Waals surface area (Å²) in [6.45, 7) is 0.437. The molecular weight excluding hydrogens is 342 g/mol. The van der Waals surface area contributed by atoms with E-state index in [1.165, 1.54) is 18.9 Å². The summed E-state index contributed by atoms with van der Waals surface area (Å²) >= 11 is 6.57. The maximum atomic E-state index is 12.6. The van der Waals surface area contributed by atoms with Crippen LogP contribution in [0.25, 0.3) is 6.08 Å². The summed E-state index contributed by atoms with van der Waals surface area (Å²) in [4.78, 5) is 14.7. The lowest BCUT2D eigenvalue weighted by molar-refractivity contribution is -0.122. The molecule has 2 aromatic carbocycles. The second-order valence-corrected chi connectivity index (χ2v) is 6.83. The predicted molar refractivity (Wildman–Crippen MR) is 99.8 cm³/mol. The van der Waals surface area contributed by atoms with E-state index in [1.807, 2.05) is 30.3 Å². The van der Waals surface area contributed by atoms with Gasteiger partial charge in [0, 0.05) is 5.56 Å². The highest BCUT2D eigenvalue weighted by atomic mass is 32.2. The molecule has 1 fully saturated rings. The second kappa shape index (κ2) is 7.07. The van der Waals surface area contributed by atoms with Crippen molar-refractivity contribution in [3.63, 3.8) is 0 Å². The number of aromatic hydroxyl groups is 1. The van der Waals surface area contributed by atoms with E-state index in [1.54, 1.807) is 29.2 Å². The number of phenolic OH excluding ortho intramolecular Hbond substituents is 1. The van der Waals surface area contributed by atoms with E-state index in [0.717, 1.165) is 5.56 Å². The van der Waals surface area contributed by atoms with Crippen LogP contribution in [0.2, 0.25) is 0 Å². The van der Waals surface area contributed by atoms with Gasteiger partial charge >= 0.3 is 0 Å². The number of phenols is 1. The largest absolute Gasteiger partial charge is 0.504 e. The standard InChI is InChI=1S/C18H15NO3S2/c1-22-14-9-5-8-13(16(14)20)10-15-17(21)19(18(23)24-15)11-12-6-3-2-4-7-12/h2-10,20H,11H2,1H3/b15-10+. The number of rotatable bonds is 4. The van der Waals surface area contributed by atoms with Crippen molar-refractivity contribution >= 4 is 40.3 Å². The van der Waals surface area contributed by atoms with Crippen molar-refractivity contribution in [3.8, 4) is 11.5 Å². The van der Waals surface area contributed by atoms with Crippen LogP contribution >= 0.6 is 24.0 Å². The van der Waals surface area contributed by atoms with E-state index in [0.29, 0.717) is 27.1 Å². The Morgan fingerprint density at radius 2 is 1.96 bits per heavy atom. The number of amides is 1. The minimum atomic E-state index is -0.156. The fourth-order valence-electron chi connectivity index (χ4n) is 2.36. The molecule has 1 saturated heterocycles. The summed E-state index contributed by atoms with van der Waals surface area (Å²) in [5.41, 5.74) is 1.54. The Hall–Kier alpha value is -2.31. The summed E-state index contributed by atoms with van der Waals surface area (Å²) in [5.74, 6) is 0.216. The number of hydrogen-bond donors (Lipinski definition) is 1. The highest BCUT2D eigenvalue weighted by Crippen LogP contribution is 2.37. The third-order valence-electron chi connectivity index (χ3n) is 3.59. The number of nitrogens with zero attached hydrogens (tertiary/aromatic N) is 1. The van der Waals surface area contributed by atoms with Gasteiger partial charge in [0.1, 0.15) is 4.32 Å². The van der Waals surface area contributed by atoms with Crippen LogP contribution in [-0.4, -0.2) is 27.3 Å². The van der Waals surface area contributed by atoms with Gasteiger partial charge in [0.15, 0.2) is 11.5 Å². The van der Waals surface area contributed by atoms with Crippen molar-refractivity contribution in [3.05, 3.63) is 64.6 Å². The summed E-state index contributed by atoms with van der Waals surface area (Å²) in [5, 5.41) is 10.2. The molecule has 3 rings (SSSR count). The maximum absolute atomic E-state index is 12.6. The molecule has 24 heavy (non-hydrogen) atoms. The number of methoxy groups -OCH3 is 1. The number of para-hydroxylation sites is 1. The summed E-state index contributed by atoms with van der Waals surface area (Å²) in [6, 6.07) is 14.8. The van der Waals surface area contributed by atoms with Gasteiger partial charge in [0.05, 0.1) is 18.6 Å². The van der Waals surface area contributed by atoms with Crippen LogP contribution in [0.1, 0.15) is 11.1 Å². The number of ether oxygens (including phenoxy) is 1. The molecule has 0 aliphatic carbocycles. The topological polar surface area (TPSA) is 49.8 Å². The molecule has 1 aliphatic rings. The van der Waals surface area contributed by atoms with Gasteiger partial charge in [-0.1, -0.05) is 66.4 Å². The molecule has 0 aromatic heterocycles. The van der Waals surface area contributed by atoms with Crippen LogP contribution in [0.15, 0.2) is 53.4 Å². The highest BCUT2D eigenvalue weighted by molar-refractivity contribution is 8.26. The summed E-state index contributed by atoms with van der Waals surface area (Å²) in [7, 11) is 1.48. The highest BCUT2D eigenvalue weighted by Gasteiger charge is 2.32. The Bertz CT molecular complexity index is 818. The molecule has 0 saturated carbocycles. The van der Waals surface area contributed by atoms with Crippen LogP contribution in [0.5, 0.6) is 11.5 Å². The van der Waals surface area contributed by atoms with Crippen LogP contribution in [0, 0.1) is 0 Å². The van der Waals surface area contributed by atoms with Gasteiger partial charge in [-0.15, -0.1) is 0 Å². The molecule has 0 atom stereocenters. The fraction of sp³-hybridized carbons (Fsp3) is 0.111. The monoisotopic (exact) mass is 357 g/mol. The molecule has 0 bridgehead atoms. The minimum absolute atomic E-state index is 0.00771. The quantitative estimate of drug-likeness (QED) is 0.666. The van der Waals surface area contributed by atoms with Crippen molar-refractivity contribution in [2.75, 3.05) is 7.11 Å². The zero-order valence-electron chi connectivity index (χ0n) is 12.9. The molecule has 2 aromatic rings. The van der Waals surface area contributed by atoms with Gasteiger partial charge in [0.25, 0.3) is 5.91 Å². The number of hydrogen-bond acceptors (Lipinski definition) is 5. The number of benzene rings is 2. The first-order valence-electron chi connectivity index (χ1n) is 7.25. The first-order valence-corrected chi connectivity index (χ1v) is 8.48. The minimum Gasteiger partial charge on any atom is -0.504 e. The van der Waals surface area contributed by atoms with Gasteiger partial charge in [-0.3, -0.25) is 9.69 Å². The SMILES string of the molecule is COc1cccc(/C=C2/SC(=S)N(Cc3ccccc3)C2=O)c1O. The van der Waals surface area contributed by atoms with Gasteiger partial charge in [-0.2, -0.15) is 0 Å². The fourth-order valence-corrected chi connectivity index (χ4v) is 3.61. The van der Waals surface area contributed by atoms with Crippen LogP contribution in [-0.2, 0) is 11.3 Å². The van der Waals surface area contributed by atoms with Crippen LogP contribution in [0.4, 0.5) is 0 Å². The van der Waals surface area contributed by atoms with Gasteiger partial charge in [-0.05, 0) is 17.7 Å². The summed E-state index contributed by atoms with van der Waals surface area (Å²) in [6.07, 6.45) is 1.64. The van der Waals surface area contributed by atoms with E-state index in [2.05, 4.69) is 0 Å². The molecule has 0 radical (unpaired) electrons. The smallest absolute Gasteiger partial charge is 0.266 e. The summed E-state index contributed by atoms with van der Waals surface area (Å²) < 4.78 is 5.60. The molecular formula is C18H15NO3S2. The lowest BCUT2D eigenvalue weighted by atomic mass is 10.1. The Morgan fingerprint density at radius 1 is 1.21 bits per heavy atom. The molecule has 6 heteroatoms. The van der Waals surface area contributed by atoms with Crippen LogP contribution in [0.3, 0.4) is 0 Å². The van der Waals surface area contributed by atoms with Crippen molar-refractivity contribution in [2.24, 2.45) is 0 Å². The zero-order valence-corrected chi connectivity index (χ0v) is 14.6. The second-order valence-electron chi connectivity index (χ2n) is 5.15. The Morgan fingerprint density at radius 3 is 2.67 bits per heavy atom. The van der Waals surface area contributed by atoms with Gasteiger partial charge < -0.3 is 9.84 Å². The molecule has 1 aliphatic heterocycles. The first-order chi connectivity index (χ1) is 11.6. The van der Waals surface area contributed by atoms with E-state index in [4.69, 9.17) is 17.0 Å². The Kier molecular flexibility index (Phi) is 4.87. The third kappa shape index (κ3) is 3.29. The van der Waals surface area contributed by atoms with Gasteiger partial charge in [-0.25, -0.2) is 0 Å². The number of carbonyl (C=O) groups excluding carboxylic acids is 1. The van der Waals surface area contributed by atoms with Gasteiger partial charge in [0.2, 0.25) is 0 Å². The van der Waals surface area contributed by atoms with Crippen molar-refractivity contribution in [1.82, 2.24) is 4.90 Å². The molecule has 0 spiro atoms. The predicted octanol–water partition coefficient (Wildman–Crippen LogP) is 3.80.